The molecule has 0 aliphatic heterocycles. The van der Waals surface area contributed by atoms with E-state index in [2.05, 4.69) is 24.8 Å². The summed E-state index contributed by atoms with van der Waals surface area (Å²) in [5.41, 5.74) is 8.27. The summed E-state index contributed by atoms with van der Waals surface area (Å²) in [6.07, 6.45) is 1.07. The van der Waals surface area contributed by atoms with Crippen LogP contribution in [0.4, 0.5) is 11.4 Å². The summed E-state index contributed by atoms with van der Waals surface area (Å²) < 4.78 is 0. The van der Waals surface area contributed by atoms with E-state index in [0.29, 0.717) is 5.56 Å². The molecule has 0 radical (unpaired) electrons. The quantitative estimate of drug-likeness (QED) is 0.764. The van der Waals surface area contributed by atoms with E-state index in [1.165, 1.54) is 0 Å². The summed E-state index contributed by atoms with van der Waals surface area (Å²) in [7, 11) is 0. The first-order valence-electron chi connectivity index (χ1n) is 5.27. The van der Waals surface area contributed by atoms with E-state index in [-0.39, 0.29) is 0 Å². The molecule has 0 bridgehead atoms. The first-order valence-corrected chi connectivity index (χ1v) is 5.27. The molecule has 0 aromatic heterocycles. The van der Waals surface area contributed by atoms with Gasteiger partial charge in [-0.1, -0.05) is 6.92 Å². The van der Waals surface area contributed by atoms with Crippen LogP contribution in [-0.4, -0.2) is 13.1 Å². The predicted octanol–water partition coefficient (Wildman–Crippen LogP) is 2.38. The first-order chi connectivity index (χ1) is 7.22. The molecule has 1 rings (SSSR count). The van der Waals surface area contributed by atoms with Crippen LogP contribution >= 0.6 is 0 Å². The Morgan fingerprint density at radius 1 is 1.40 bits per heavy atom. The van der Waals surface area contributed by atoms with Gasteiger partial charge in [-0.05, 0) is 31.5 Å². The van der Waals surface area contributed by atoms with Crippen molar-refractivity contribution in [3.8, 4) is 6.07 Å². The topological polar surface area (TPSA) is 53.0 Å². The van der Waals surface area contributed by atoms with E-state index in [1.807, 2.05) is 6.07 Å². The number of nitrogens with zero attached hydrogens (tertiary/aromatic N) is 2. The highest BCUT2D eigenvalue weighted by Crippen LogP contribution is 2.24. The molecule has 1 aromatic rings. The average molecular weight is 203 g/mol. The van der Waals surface area contributed by atoms with Gasteiger partial charge in [0, 0.05) is 13.1 Å². The lowest BCUT2D eigenvalue weighted by Crippen LogP contribution is -2.24. The van der Waals surface area contributed by atoms with Gasteiger partial charge in [-0.2, -0.15) is 5.26 Å². The van der Waals surface area contributed by atoms with E-state index in [0.717, 1.165) is 30.9 Å². The third kappa shape index (κ3) is 2.63. The number of anilines is 2. The molecule has 0 aliphatic rings. The third-order valence-electron chi connectivity index (χ3n) is 2.38. The molecular formula is C12H17N3. The van der Waals surface area contributed by atoms with Gasteiger partial charge in [0.15, 0.2) is 0 Å². The van der Waals surface area contributed by atoms with E-state index in [1.54, 1.807) is 12.1 Å². The molecule has 0 aliphatic carbocycles. The molecule has 2 N–H and O–H groups in total. The highest BCUT2D eigenvalue weighted by atomic mass is 15.1. The van der Waals surface area contributed by atoms with Crippen LogP contribution in [0.2, 0.25) is 0 Å². The molecule has 0 unspecified atom stereocenters. The van der Waals surface area contributed by atoms with Gasteiger partial charge in [0.25, 0.3) is 0 Å². The van der Waals surface area contributed by atoms with E-state index in [9.17, 15) is 0 Å². The van der Waals surface area contributed by atoms with Gasteiger partial charge >= 0.3 is 0 Å². The highest BCUT2D eigenvalue weighted by Gasteiger charge is 2.07. The van der Waals surface area contributed by atoms with Crippen LogP contribution < -0.4 is 10.6 Å². The van der Waals surface area contributed by atoms with Crippen LogP contribution in [0.25, 0.3) is 0 Å². The number of hydrogen-bond donors (Lipinski definition) is 1. The number of nitriles is 1. The number of hydrogen-bond acceptors (Lipinski definition) is 3. The van der Waals surface area contributed by atoms with Crippen molar-refractivity contribution in [2.24, 2.45) is 0 Å². The maximum absolute atomic E-state index is 8.83. The van der Waals surface area contributed by atoms with Gasteiger partial charge in [-0.15, -0.1) is 0 Å². The van der Waals surface area contributed by atoms with E-state index < -0.39 is 0 Å². The summed E-state index contributed by atoms with van der Waals surface area (Å²) >= 11 is 0. The minimum absolute atomic E-state index is 0.661. The van der Waals surface area contributed by atoms with Gasteiger partial charge in [0.2, 0.25) is 0 Å². The Kier molecular flexibility index (Phi) is 3.99. The van der Waals surface area contributed by atoms with Gasteiger partial charge in [0.1, 0.15) is 0 Å². The van der Waals surface area contributed by atoms with Crippen molar-refractivity contribution in [3.63, 3.8) is 0 Å². The Bertz CT molecular complexity index is 366. The van der Waals surface area contributed by atoms with Crippen LogP contribution in [0.15, 0.2) is 18.2 Å². The maximum atomic E-state index is 8.83. The summed E-state index contributed by atoms with van der Waals surface area (Å²) in [5.74, 6) is 0. The predicted molar refractivity (Wildman–Crippen MR) is 63.7 cm³/mol. The maximum Gasteiger partial charge on any atom is 0.0992 e. The van der Waals surface area contributed by atoms with Crippen LogP contribution in [0.3, 0.4) is 0 Å². The van der Waals surface area contributed by atoms with Gasteiger partial charge in [-0.25, -0.2) is 0 Å². The minimum Gasteiger partial charge on any atom is -0.397 e. The Morgan fingerprint density at radius 3 is 2.67 bits per heavy atom. The third-order valence-corrected chi connectivity index (χ3v) is 2.38. The molecule has 15 heavy (non-hydrogen) atoms. The zero-order valence-electron chi connectivity index (χ0n) is 9.33. The lowest BCUT2D eigenvalue weighted by molar-refractivity contribution is 0.793. The van der Waals surface area contributed by atoms with Crippen molar-refractivity contribution in [2.75, 3.05) is 23.7 Å². The summed E-state index contributed by atoms with van der Waals surface area (Å²) in [6, 6.07) is 7.54. The van der Waals surface area contributed by atoms with Crippen LogP contribution in [0.5, 0.6) is 0 Å². The number of benzene rings is 1. The van der Waals surface area contributed by atoms with Crippen molar-refractivity contribution in [2.45, 2.75) is 20.3 Å². The molecule has 80 valence electrons. The first kappa shape index (κ1) is 11.4. The van der Waals surface area contributed by atoms with Crippen molar-refractivity contribution >= 4 is 11.4 Å². The van der Waals surface area contributed by atoms with Crippen molar-refractivity contribution < 1.29 is 0 Å². The van der Waals surface area contributed by atoms with Crippen molar-refractivity contribution in [1.82, 2.24) is 0 Å². The van der Waals surface area contributed by atoms with Gasteiger partial charge < -0.3 is 10.6 Å². The molecule has 3 nitrogen and oxygen atoms in total. The molecular weight excluding hydrogens is 186 g/mol. The molecule has 3 heteroatoms. The largest absolute Gasteiger partial charge is 0.397 e. The fourth-order valence-corrected chi connectivity index (χ4v) is 1.61. The Balaban J connectivity index is 3.05. The van der Waals surface area contributed by atoms with E-state index >= 15 is 0 Å². The molecule has 1 aromatic carbocycles. The molecule has 0 atom stereocenters. The summed E-state index contributed by atoms with van der Waals surface area (Å²) in [4.78, 5) is 2.19. The summed E-state index contributed by atoms with van der Waals surface area (Å²) in [6.45, 7) is 6.10. The second-order valence-electron chi connectivity index (χ2n) is 3.47. The lowest BCUT2D eigenvalue weighted by atomic mass is 10.1. The van der Waals surface area contributed by atoms with Gasteiger partial charge in [0.05, 0.1) is 23.0 Å². The Morgan fingerprint density at radius 2 is 2.13 bits per heavy atom. The number of nitrogen functional groups attached to an aromatic ring is 1. The smallest absolute Gasteiger partial charge is 0.0992 e. The zero-order valence-corrected chi connectivity index (χ0v) is 9.33. The molecule has 0 spiro atoms. The normalized spacial score (nSPS) is 9.67. The molecule has 0 saturated carbocycles. The summed E-state index contributed by atoms with van der Waals surface area (Å²) in [5, 5.41) is 8.83. The van der Waals surface area contributed by atoms with E-state index in [4.69, 9.17) is 11.0 Å². The minimum atomic E-state index is 0.661. The highest BCUT2D eigenvalue weighted by molar-refractivity contribution is 5.69. The number of nitrogens with two attached hydrogens (primary N) is 1. The molecule has 0 fully saturated rings. The van der Waals surface area contributed by atoms with Crippen LogP contribution in [-0.2, 0) is 0 Å². The Hall–Kier alpha value is -1.69. The fraction of sp³-hybridized carbons (Fsp3) is 0.417. The second kappa shape index (κ2) is 5.26. The van der Waals surface area contributed by atoms with Crippen molar-refractivity contribution in [3.05, 3.63) is 23.8 Å². The van der Waals surface area contributed by atoms with Crippen LogP contribution in [0, 0.1) is 11.3 Å². The average Bonchev–Trinajstić information content (AvgIpc) is 2.27. The number of rotatable bonds is 4. The monoisotopic (exact) mass is 203 g/mol. The SMILES string of the molecule is CCCN(CC)c1cc(C#N)ccc1N. The zero-order chi connectivity index (χ0) is 11.3. The van der Waals surface area contributed by atoms with Gasteiger partial charge in [-0.3, -0.25) is 0 Å². The molecule has 0 heterocycles. The van der Waals surface area contributed by atoms with Crippen LogP contribution in [0.1, 0.15) is 25.8 Å². The molecule has 0 amide bonds. The second-order valence-corrected chi connectivity index (χ2v) is 3.47. The lowest BCUT2D eigenvalue weighted by Gasteiger charge is -2.24. The fourth-order valence-electron chi connectivity index (χ4n) is 1.61. The van der Waals surface area contributed by atoms with Crippen molar-refractivity contribution in [1.29, 1.82) is 5.26 Å². The standard InChI is InChI=1S/C12H17N3/c1-3-7-15(4-2)12-8-10(9-13)5-6-11(12)14/h5-6,8H,3-4,7,14H2,1-2H3. The Labute approximate surface area is 91.1 Å². The molecule has 0 saturated heterocycles.